The summed E-state index contributed by atoms with van der Waals surface area (Å²) in [7, 11) is 2.06. The fourth-order valence-corrected chi connectivity index (χ4v) is 7.74. The van der Waals surface area contributed by atoms with Crippen molar-refractivity contribution < 1.29 is 25.8 Å². The number of pyridine rings is 1. The predicted octanol–water partition coefficient (Wildman–Crippen LogP) is 10.7. The average molecular weight is 790 g/mol. The van der Waals surface area contributed by atoms with Gasteiger partial charge in [0.05, 0.1) is 0 Å². The Balaban J connectivity index is 0.00000312. The number of thiophene rings is 2. The Hall–Kier alpha value is -3.70. The van der Waals surface area contributed by atoms with Gasteiger partial charge in [0.1, 0.15) is 5.06 Å². The van der Waals surface area contributed by atoms with Crippen LogP contribution in [0.4, 0.5) is 17.1 Å². The van der Waals surface area contributed by atoms with E-state index in [0.717, 1.165) is 38.4 Å². The summed E-state index contributed by atoms with van der Waals surface area (Å²) in [5, 5.41) is 7.60. The molecule has 4 heterocycles. The number of hydrogen-bond acceptors (Lipinski definition) is 6. The van der Waals surface area contributed by atoms with Crippen LogP contribution >= 0.6 is 22.7 Å². The monoisotopic (exact) mass is 789 g/mol. The molecule has 4 aromatic carbocycles. The first-order chi connectivity index (χ1) is 20.8. The van der Waals surface area contributed by atoms with Crippen molar-refractivity contribution in [1.29, 1.82) is 0 Å². The third kappa shape index (κ3) is 4.90. The van der Waals surface area contributed by atoms with Crippen LogP contribution in [-0.2, 0) is 26.5 Å². The molecule has 0 spiro atoms. The first-order valence-electron chi connectivity index (χ1n) is 14.3. The van der Waals surface area contributed by atoms with Crippen LogP contribution in [0.15, 0.2) is 90.4 Å². The Morgan fingerprint density at radius 1 is 0.864 bits per heavy atom. The van der Waals surface area contributed by atoms with Crippen LogP contribution in [0.5, 0.6) is 10.8 Å². The molecule has 0 N–H and O–H groups in total. The van der Waals surface area contributed by atoms with Gasteiger partial charge in [0.25, 0.3) is 0 Å². The first-order valence-corrected chi connectivity index (χ1v) is 15.9. The molecule has 0 amide bonds. The quantitative estimate of drug-likeness (QED) is 0.166. The molecule has 1 aliphatic heterocycles. The minimum absolute atomic E-state index is 0. The fourth-order valence-electron chi connectivity index (χ4n) is 5.80. The van der Waals surface area contributed by atoms with E-state index in [1.807, 2.05) is 18.3 Å². The first kappa shape index (κ1) is 29.0. The molecule has 8 rings (SSSR count). The van der Waals surface area contributed by atoms with Crippen molar-refractivity contribution in [2.24, 2.45) is 0 Å². The summed E-state index contributed by atoms with van der Waals surface area (Å²) in [6.45, 7) is 8.79. The number of hydrogen-bond donors (Lipinski definition) is 0. The Morgan fingerprint density at radius 3 is 2.55 bits per heavy atom. The molecule has 0 saturated carbocycles. The van der Waals surface area contributed by atoms with Gasteiger partial charge in [-0.05, 0) is 64.5 Å². The van der Waals surface area contributed by atoms with Gasteiger partial charge in [-0.15, -0.1) is 47.4 Å². The van der Waals surface area contributed by atoms with E-state index in [4.69, 9.17) is 9.72 Å². The molecular weight excluding hydrogens is 762 g/mol. The van der Waals surface area contributed by atoms with E-state index in [0.29, 0.717) is 10.8 Å². The number of rotatable bonds is 4. The van der Waals surface area contributed by atoms with Crippen molar-refractivity contribution in [3.8, 4) is 22.1 Å². The van der Waals surface area contributed by atoms with Crippen LogP contribution in [0.1, 0.15) is 26.3 Å². The van der Waals surface area contributed by atoms with Crippen LogP contribution in [-0.4, -0.2) is 12.0 Å². The summed E-state index contributed by atoms with van der Waals surface area (Å²) in [5.74, 6) is 0.653. The molecule has 3 aromatic heterocycles. The average Bonchev–Trinajstić information content (AvgIpc) is 3.74. The van der Waals surface area contributed by atoms with Crippen LogP contribution in [0, 0.1) is 18.8 Å². The second-order valence-corrected chi connectivity index (χ2v) is 13.8. The van der Waals surface area contributed by atoms with E-state index in [1.165, 1.54) is 26.4 Å². The second-order valence-electron chi connectivity index (χ2n) is 11.9. The minimum atomic E-state index is 0. The Bertz CT molecular complexity index is 2180. The van der Waals surface area contributed by atoms with E-state index >= 15 is 0 Å². The number of benzene rings is 4. The molecule has 44 heavy (non-hydrogen) atoms. The molecule has 222 valence electrons. The fraction of sp³-hybridized carbons (Fsp3) is 0.135. The summed E-state index contributed by atoms with van der Waals surface area (Å²) in [6.07, 6.45) is 1.92. The Labute approximate surface area is 279 Å². The van der Waals surface area contributed by atoms with Gasteiger partial charge in [-0.3, -0.25) is 4.98 Å². The molecule has 0 radical (unpaired) electrons. The number of nitrogens with zero attached hydrogens (tertiary/aromatic N) is 3. The van der Waals surface area contributed by atoms with Gasteiger partial charge >= 0.3 is 0 Å². The molecule has 1 aliphatic rings. The van der Waals surface area contributed by atoms with Gasteiger partial charge in [0, 0.05) is 54.8 Å². The number of para-hydroxylation sites is 2. The van der Waals surface area contributed by atoms with E-state index in [9.17, 15) is 0 Å². The molecular formula is C37H28N3OPtS2-3. The largest absolute Gasteiger partial charge is 0.504 e. The van der Waals surface area contributed by atoms with Gasteiger partial charge < -0.3 is 14.5 Å². The second kappa shape index (κ2) is 11.0. The van der Waals surface area contributed by atoms with Gasteiger partial charge in [-0.2, -0.15) is 29.5 Å². The SMILES string of the molecule is CN1[CH-]N(c2[c-]c(Oc3[c-]c4c(-c5cc(C(C)(C)C)ccn5)cc5c(ccc6ccsc65)c4s3)ccc2)c2ccccc21.[Pt]. The van der Waals surface area contributed by atoms with E-state index < -0.39 is 0 Å². The van der Waals surface area contributed by atoms with Crippen LogP contribution < -0.4 is 14.5 Å². The zero-order chi connectivity index (χ0) is 29.3. The van der Waals surface area contributed by atoms with Crippen LogP contribution in [0.3, 0.4) is 0 Å². The van der Waals surface area contributed by atoms with Gasteiger partial charge in [-0.25, -0.2) is 0 Å². The van der Waals surface area contributed by atoms with Gasteiger partial charge in [-0.1, -0.05) is 60.7 Å². The molecule has 0 bridgehead atoms. The molecule has 0 unspecified atom stereocenters. The van der Waals surface area contributed by atoms with Gasteiger partial charge in [0.15, 0.2) is 0 Å². The normalized spacial score (nSPS) is 13.1. The summed E-state index contributed by atoms with van der Waals surface area (Å²) in [4.78, 5) is 9.11. The van der Waals surface area contributed by atoms with Crippen molar-refractivity contribution >= 4 is 70.7 Å². The summed E-state index contributed by atoms with van der Waals surface area (Å²) < 4.78 is 8.95. The maximum absolute atomic E-state index is 6.50. The molecule has 4 nitrogen and oxygen atoms in total. The maximum atomic E-state index is 6.50. The smallest absolute Gasteiger partial charge is 0.107 e. The molecule has 7 aromatic rings. The van der Waals surface area contributed by atoms with Crippen LogP contribution in [0.25, 0.3) is 42.2 Å². The summed E-state index contributed by atoms with van der Waals surface area (Å²) in [6, 6.07) is 34.8. The number of anilines is 3. The molecule has 0 fully saturated rings. The van der Waals surface area contributed by atoms with Crippen molar-refractivity contribution in [1.82, 2.24) is 4.98 Å². The van der Waals surface area contributed by atoms with Crippen molar-refractivity contribution in [3.63, 3.8) is 0 Å². The number of fused-ring (bicyclic) bond motifs is 6. The predicted molar refractivity (Wildman–Crippen MR) is 182 cm³/mol. The molecule has 0 atom stereocenters. The zero-order valence-corrected chi connectivity index (χ0v) is 28.5. The topological polar surface area (TPSA) is 28.6 Å². The molecule has 0 aliphatic carbocycles. The van der Waals surface area contributed by atoms with Crippen molar-refractivity contribution in [3.05, 3.63) is 115 Å². The molecule has 0 saturated heterocycles. The number of ether oxygens (including phenoxy) is 1. The van der Waals surface area contributed by atoms with E-state index in [2.05, 4.69) is 129 Å². The molecule has 7 heteroatoms. The maximum Gasteiger partial charge on any atom is 0.107 e. The number of aromatic nitrogens is 1. The summed E-state index contributed by atoms with van der Waals surface area (Å²) in [5.41, 5.74) is 6.49. The third-order valence-electron chi connectivity index (χ3n) is 8.04. The standard InChI is InChI=1S/C37H28N3OS2.Pt/c1-37(2,3)24-14-16-38-31(18-24)28-20-29-27(13-12-23-15-17-42-35(23)29)36-30(28)21-34(43-36)41-26-9-7-8-25(19-26)40-22-39(4)32-10-5-6-11-33(32)40;/h5-18,20,22H,1-4H3;/q-3;. The van der Waals surface area contributed by atoms with Gasteiger partial charge in [0.2, 0.25) is 0 Å². The third-order valence-corrected chi connectivity index (χ3v) is 10.0. The van der Waals surface area contributed by atoms with Crippen LogP contribution in [0.2, 0.25) is 0 Å². The Morgan fingerprint density at radius 2 is 1.70 bits per heavy atom. The minimum Gasteiger partial charge on any atom is -0.504 e. The van der Waals surface area contributed by atoms with E-state index in [1.54, 1.807) is 22.7 Å². The van der Waals surface area contributed by atoms with E-state index in [-0.39, 0.29) is 26.5 Å². The zero-order valence-electron chi connectivity index (χ0n) is 24.6. The van der Waals surface area contributed by atoms with Crippen molar-refractivity contribution in [2.75, 3.05) is 16.8 Å². The summed E-state index contributed by atoms with van der Waals surface area (Å²) >= 11 is 3.41. The Kier molecular flexibility index (Phi) is 7.28. The van der Waals surface area contributed by atoms with Crippen molar-refractivity contribution in [2.45, 2.75) is 26.2 Å².